The van der Waals surface area contributed by atoms with Crippen molar-refractivity contribution in [3.8, 4) is 0 Å². The summed E-state index contributed by atoms with van der Waals surface area (Å²) in [5.74, 6) is -5.04. The number of Topliss-reactive ketones (excluding diaryl/α,β-unsaturated/α-hetero) is 1. The van der Waals surface area contributed by atoms with E-state index in [2.05, 4.69) is 22.5 Å². The van der Waals surface area contributed by atoms with Crippen LogP contribution >= 0.6 is 0 Å². The van der Waals surface area contributed by atoms with Crippen LogP contribution in [0.15, 0.2) is 104 Å². The molecule has 0 bridgehead atoms. The highest BCUT2D eigenvalue weighted by atomic mass is 16.5. The number of carbonyl (C=O) groups is 7. The summed E-state index contributed by atoms with van der Waals surface area (Å²) in [4.78, 5) is 90.6. The van der Waals surface area contributed by atoms with Gasteiger partial charge in [-0.05, 0) is 37.8 Å². The van der Waals surface area contributed by atoms with Crippen molar-refractivity contribution in [2.45, 2.75) is 76.9 Å². The van der Waals surface area contributed by atoms with Gasteiger partial charge in [0.1, 0.15) is 31.3 Å². The van der Waals surface area contributed by atoms with Crippen molar-refractivity contribution >= 4 is 41.5 Å². The number of nitrogens with one attached hydrogen (secondary N) is 3. The zero-order valence-corrected chi connectivity index (χ0v) is 30.9. The van der Waals surface area contributed by atoms with E-state index >= 15 is 0 Å². The summed E-state index contributed by atoms with van der Waals surface area (Å²) in [6.45, 7) is 6.05. The predicted octanol–water partition coefficient (Wildman–Crippen LogP) is 3.53. The second-order valence-electron chi connectivity index (χ2n) is 12.2. The maximum atomic E-state index is 13.8. The summed E-state index contributed by atoms with van der Waals surface area (Å²) in [5.41, 5.74) is 1.84. The maximum Gasteiger partial charge on any atom is 0.328 e. The van der Waals surface area contributed by atoms with Gasteiger partial charge in [0.05, 0.1) is 12.6 Å². The molecule has 0 aromatic heterocycles. The number of carbonyl (C=O) groups excluding carboxylic acids is 7. The monoisotopic (exact) mass is 757 g/mol. The first-order valence-electron chi connectivity index (χ1n) is 17.8. The number of ether oxygens (including phenoxy) is 4. The molecule has 0 spiro atoms. The first-order chi connectivity index (χ1) is 26.5. The van der Waals surface area contributed by atoms with E-state index < -0.39 is 72.2 Å². The van der Waals surface area contributed by atoms with Gasteiger partial charge in [0.25, 0.3) is 0 Å². The van der Waals surface area contributed by atoms with Gasteiger partial charge in [0.2, 0.25) is 11.8 Å². The van der Waals surface area contributed by atoms with E-state index in [1.54, 1.807) is 85.8 Å². The van der Waals surface area contributed by atoms with Gasteiger partial charge in [0, 0.05) is 18.4 Å². The van der Waals surface area contributed by atoms with Crippen LogP contribution in [0, 0.1) is 0 Å². The standard InChI is InChI=1S/C41H47N3O11/c1-4-32(41(51)52-5-2)43-33(21-23-36(46)53-25-29-15-9-6-10-16-29)39(49)44-34(22-24-37(47)54-26-30-17-11-7-12-18-30)38(48)42-28(3)40(50)55-27-35(45)31-19-13-8-14-20-31/h4,6-20,28,32-34,43H,1,5,21-27H2,2-3H3,(H,42,48)(H,44,49)/t28-,32?,33-,34-/m0/s1. The molecule has 0 heterocycles. The number of amides is 2. The van der Waals surface area contributed by atoms with Gasteiger partial charge >= 0.3 is 23.9 Å². The molecular weight excluding hydrogens is 710 g/mol. The average molecular weight is 758 g/mol. The summed E-state index contributed by atoms with van der Waals surface area (Å²) >= 11 is 0. The molecule has 0 aliphatic rings. The van der Waals surface area contributed by atoms with Crippen LogP contribution in [0.1, 0.15) is 61.0 Å². The van der Waals surface area contributed by atoms with Crippen molar-refractivity contribution in [1.29, 1.82) is 0 Å². The molecule has 0 aliphatic carbocycles. The second kappa shape index (κ2) is 23.5. The van der Waals surface area contributed by atoms with Crippen LogP contribution in [-0.2, 0) is 60.9 Å². The Labute approximate surface area is 319 Å². The fourth-order valence-corrected chi connectivity index (χ4v) is 5.00. The van der Waals surface area contributed by atoms with E-state index in [0.717, 1.165) is 11.1 Å². The number of rotatable bonds is 23. The molecule has 0 radical (unpaired) electrons. The van der Waals surface area contributed by atoms with Crippen molar-refractivity contribution in [3.05, 3.63) is 120 Å². The third kappa shape index (κ3) is 15.8. The van der Waals surface area contributed by atoms with Gasteiger partial charge in [-0.2, -0.15) is 0 Å². The van der Waals surface area contributed by atoms with E-state index in [4.69, 9.17) is 18.9 Å². The predicted molar refractivity (Wildman–Crippen MR) is 200 cm³/mol. The largest absolute Gasteiger partial charge is 0.465 e. The molecule has 2 amide bonds. The van der Waals surface area contributed by atoms with Crippen LogP contribution in [0.5, 0.6) is 0 Å². The Hall–Kier alpha value is -6.15. The molecule has 3 aromatic carbocycles. The zero-order valence-electron chi connectivity index (χ0n) is 30.9. The lowest BCUT2D eigenvalue weighted by atomic mass is 10.1. The second-order valence-corrected chi connectivity index (χ2v) is 12.2. The Morgan fingerprint density at radius 2 is 1.13 bits per heavy atom. The van der Waals surface area contributed by atoms with Crippen LogP contribution in [0.3, 0.4) is 0 Å². The molecule has 55 heavy (non-hydrogen) atoms. The number of hydrogen-bond donors (Lipinski definition) is 3. The number of hydrogen-bond acceptors (Lipinski definition) is 12. The molecule has 0 saturated heterocycles. The molecule has 3 N–H and O–H groups in total. The average Bonchev–Trinajstić information content (AvgIpc) is 3.20. The molecular formula is C41H47N3O11. The highest BCUT2D eigenvalue weighted by molar-refractivity contribution is 5.98. The minimum Gasteiger partial charge on any atom is -0.465 e. The first kappa shape index (κ1) is 43.3. The topological polar surface area (TPSA) is 192 Å². The molecule has 14 heteroatoms. The van der Waals surface area contributed by atoms with Gasteiger partial charge in [-0.1, -0.05) is 97.1 Å². The van der Waals surface area contributed by atoms with Crippen LogP contribution in [0.2, 0.25) is 0 Å². The van der Waals surface area contributed by atoms with Crippen molar-refractivity contribution < 1.29 is 52.5 Å². The highest BCUT2D eigenvalue weighted by Gasteiger charge is 2.31. The molecule has 3 aromatic rings. The summed E-state index contributed by atoms with van der Waals surface area (Å²) < 4.78 is 20.9. The summed E-state index contributed by atoms with van der Waals surface area (Å²) in [6, 6.07) is 21.0. The van der Waals surface area contributed by atoms with Gasteiger partial charge < -0.3 is 29.6 Å². The van der Waals surface area contributed by atoms with E-state index in [9.17, 15) is 33.6 Å². The van der Waals surface area contributed by atoms with Crippen molar-refractivity contribution in [1.82, 2.24) is 16.0 Å². The first-order valence-corrected chi connectivity index (χ1v) is 17.8. The van der Waals surface area contributed by atoms with E-state index in [-0.39, 0.29) is 45.5 Å². The number of ketones is 1. The fourth-order valence-electron chi connectivity index (χ4n) is 5.00. The Kier molecular flexibility index (Phi) is 18.5. The summed E-state index contributed by atoms with van der Waals surface area (Å²) in [7, 11) is 0. The van der Waals surface area contributed by atoms with Crippen molar-refractivity contribution in [2.24, 2.45) is 0 Å². The minimum atomic E-state index is -1.41. The Balaban J connectivity index is 1.73. The molecule has 0 fully saturated rings. The van der Waals surface area contributed by atoms with Crippen molar-refractivity contribution in [2.75, 3.05) is 13.2 Å². The maximum absolute atomic E-state index is 13.8. The van der Waals surface area contributed by atoms with Gasteiger partial charge in [-0.3, -0.25) is 34.1 Å². The normalized spacial score (nSPS) is 12.8. The Bertz CT molecular complexity index is 1740. The van der Waals surface area contributed by atoms with Crippen molar-refractivity contribution in [3.63, 3.8) is 0 Å². The van der Waals surface area contributed by atoms with E-state index in [1.165, 1.54) is 13.0 Å². The van der Waals surface area contributed by atoms with E-state index in [1.807, 2.05) is 12.1 Å². The highest BCUT2D eigenvalue weighted by Crippen LogP contribution is 2.10. The molecule has 1 unspecified atom stereocenters. The van der Waals surface area contributed by atoms with E-state index in [0.29, 0.717) is 5.56 Å². The summed E-state index contributed by atoms with van der Waals surface area (Å²) in [6.07, 6.45) is 0.243. The SMILES string of the molecule is C=CC(N[C@@H](CCC(=O)OCc1ccccc1)C(=O)N[C@@H](CCC(=O)OCc1ccccc1)C(=O)N[C@@H](C)C(=O)OCC(=O)c1ccccc1)C(=O)OCC. The van der Waals surface area contributed by atoms with Gasteiger partial charge in [0.15, 0.2) is 12.4 Å². The third-order valence-electron chi connectivity index (χ3n) is 8.02. The minimum absolute atomic E-state index is 0.00568. The van der Waals surface area contributed by atoms with Crippen LogP contribution in [0.25, 0.3) is 0 Å². The molecule has 3 rings (SSSR count). The van der Waals surface area contributed by atoms with Crippen LogP contribution in [0.4, 0.5) is 0 Å². The number of benzene rings is 3. The molecule has 0 saturated carbocycles. The van der Waals surface area contributed by atoms with Crippen LogP contribution in [-0.4, -0.2) is 78.9 Å². The smallest absolute Gasteiger partial charge is 0.328 e. The fraction of sp³-hybridized carbons (Fsp3) is 0.341. The van der Waals surface area contributed by atoms with Crippen LogP contribution < -0.4 is 16.0 Å². The van der Waals surface area contributed by atoms with Gasteiger partial charge in [-0.25, -0.2) is 4.79 Å². The molecule has 0 aliphatic heterocycles. The Morgan fingerprint density at radius 1 is 0.636 bits per heavy atom. The zero-order chi connectivity index (χ0) is 40.0. The lowest BCUT2D eigenvalue weighted by molar-refractivity contribution is -0.148. The molecule has 4 atom stereocenters. The summed E-state index contributed by atoms with van der Waals surface area (Å²) in [5, 5.41) is 7.86. The third-order valence-corrected chi connectivity index (χ3v) is 8.02. The number of esters is 4. The van der Waals surface area contributed by atoms with Gasteiger partial charge in [-0.15, -0.1) is 6.58 Å². The lowest BCUT2D eigenvalue weighted by Crippen LogP contribution is -2.56. The quantitative estimate of drug-likeness (QED) is 0.0553. The molecule has 14 nitrogen and oxygen atoms in total. The molecule has 292 valence electrons. The lowest BCUT2D eigenvalue weighted by Gasteiger charge is -2.25. The Morgan fingerprint density at radius 3 is 1.64 bits per heavy atom.